The van der Waals surface area contributed by atoms with Gasteiger partial charge in [-0.2, -0.15) is 0 Å². The highest BCUT2D eigenvalue weighted by Gasteiger charge is 2.31. The maximum Gasteiger partial charge on any atom is 0.224 e. The first-order chi connectivity index (χ1) is 11.7. The van der Waals surface area contributed by atoms with E-state index in [1.807, 2.05) is 6.92 Å². The van der Waals surface area contributed by atoms with Gasteiger partial charge in [-0.3, -0.25) is 9.69 Å². The maximum atomic E-state index is 12.3. The van der Waals surface area contributed by atoms with Crippen LogP contribution in [0.5, 0.6) is 0 Å². The molecule has 0 radical (unpaired) electrons. The molecule has 0 aromatic carbocycles. The Morgan fingerprint density at radius 3 is 2.72 bits per heavy atom. The van der Waals surface area contributed by atoms with Crippen LogP contribution in [0.2, 0.25) is 0 Å². The summed E-state index contributed by atoms with van der Waals surface area (Å²) in [4.78, 5) is 22.1. The smallest absolute Gasteiger partial charge is 0.224 e. The highest BCUT2D eigenvalue weighted by Crippen LogP contribution is 2.29. The molecule has 5 heteroatoms. The van der Waals surface area contributed by atoms with Gasteiger partial charge in [0.25, 0.3) is 0 Å². The number of fused-ring (bicyclic) bond motifs is 1. The van der Waals surface area contributed by atoms with E-state index in [0.29, 0.717) is 12.5 Å². The van der Waals surface area contributed by atoms with Crippen molar-refractivity contribution in [3.63, 3.8) is 0 Å². The third kappa shape index (κ3) is 4.32. The van der Waals surface area contributed by atoms with Crippen LogP contribution in [0.4, 0.5) is 11.5 Å². The van der Waals surface area contributed by atoms with Crippen molar-refractivity contribution in [2.24, 2.45) is 5.41 Å². The van der Waals surface area contributed by atoms with Gasteiger partial charge in [-0.1, -0.05) is 20.8 Å². The fourth-order valence-corrected chi connectivity index (χ4v) is 4.03. The molecule has 1 aromatic heterocycles. The summed E-state index contributed by atoms with van der Waals surface area (Å²) < 4.78 is 0. The van der Waals surface area contributed by atoms with Gasteiger partial charge in [0.1, 0.15) is 5.82 Å². The van der Waals surface area contributed by atoms with E-state index >= 15 is 0 Å². The van der Waals surface area contributed by atoms with E-state index in [1.54, 1.807) is 0 Å². The molecule has 5 nitrogen and oxygen atoms in total. The van der Waals surface area contributed by atoms with E-state index in [0.717, 1.165) is 42.4 Å². The van der Waals surface area contributed by atoms with Crippen molar-refractivity contribution in [3.8, 4) is 0 Å². The molecule has 2 fully saturated rings. The number of amides is 1. The summed E-state index contributed by atoms with van der Waals surface area (Å²) in [5.74, 6) is 1.11. The van der Waals surface area contributed by atoms with Crippen LogP contribution in [0.15, 0.2) is 6.07 Å². The Hall–Kier alpha value is -1.62. The molecular weight excluding hydrogens is 312 g/mol. The Morgan fingerprint density at radius 1 is 1.28 bits per heavy atom. The molecule has 138 valence electrons. The highest BCUT2D eigenvalue weighted by atomic mass is 16.1. The van der Waals surface area contributed by atoms with Crippen LogP contribution in [0.1, 0.15) is 51.3 Å². The van der Waals surface area contributed by atoms with Crippen LogP contribution in [0.3, 0.4) is 0 Å². The summed E-state index contributed by atoms with van der Waals surface area (Å²) in [6.45, 7) is 14.8. The van der Waals surface area contributed by atoms with Crippen LogP contribution in [0, 0.1) is 19.3 Å². The van der Waals surface area contributed by atoms with E-state index < -0.39 is 0 Å². The Bertz CT molecular complexity index is 627. The van der Waals surface area contributed by atoms with Gasteiger partial charge < -0.3 is 10.2 Å². The number of rotatable bonds is 3. The zero-order chi connectivity index (χ0) is 18.2. The maximum absolute atomic E-state index is 12.3. The minimum absolute atomic E-state index is 0.0137. The number of nitrogens with one attached hydrogen (secondary N) is 1. The van der Waals surface area contributed by atoms with E-state index in [-0.39, 0.29) is 11.3 Å². The van der Waals surface area contributed by atoms with Crippen molar-refractivity contribution < 1.29 is 4.79 Å². The SMILES string of the molecule is Cc1cc(N2CCN3CCCC3C2)nc(C)c1NC(=O)CC(C)(C)C. The van der Waals surface area contributed by atoms with Crippen LogP contribution in [0.25, 0.3) is 0 Å². The van der Waals surface area contributed by atoms with Gasteiger partial charge in [0.05, 0.1) is 11.4 Å². The minimum atomic E-state index is -0.0137. The Morgan fingerprint density at radius 2 is 2.04 bits per heavy atom. The number of carbonyl (C=O) groups is 1. The number of hydrogen-bond acceptors (Lipinski definition) is 4. The second-order valence-corrected chi connectivity index (χ2v) is 8.82. The van der Waals surface area contributed by atoms with E-state index in [9.17, 15) is 4.79 Å². The third-order valence-corrected chi connectivity index (χ3v) is 5.25. The van der Waals surface area contributed by atoms with Gasteiger partial charge in [-0.05, 0) is 50.3 Å². The molecule has 2 aliphatic heterocycles. The molecule has 0 aliphatic carbocycles. The summed E-state index contributed by atoms with van der Waals surface area (Å²) in [5.41, 5.74) is 2.86. The Labute approximate surface area is 151 Å². The number of anilines is 2. The quantitative estimate of drug-likeness (QED) is 0.913. The summed E-state index contributed by atoms with van der Waals surface area (Å²) >= 11 is 0. The van der Waals surface area contributed by atoms with Gasteiger partial charge >= 0.3 is 0 Å². The van der Waals surface area contributed by atoms with Crippen molar-refractivity contribution >= 4 is 17.4 Å². The van der Waals surface area contributed by atoms with Crippen LogP contribution >= 0.6 is 0 Å². The molecule has 3 heterocycles. The van der Waals surface area contributed by atoms with Crippen molar-refractivity contribution in [2.75, 3.05) is 36.4 Å². The van der Waals surface area contributed by atoms with Crippen LogP contribution < -0.4 is 10.2 Å². The van der Waals surface area contributed by atoms with Gasteiger partial charge in [0.15, 0.2) is 0 Å². The number of nitrogens with zero attached hydrogens (tertiary/aromatic N) is 3. The summed E-state index contributed by atoms with van der Waals surface area (Å²) in [7, 11) is 0. The predicted molar refractivity (Wildman–Crippen MR) is 103 cm³/mol. The van der Waals surface area contributed by atoms with Crippen molar-refractivity contribution in [1.82, 2.24) is 9.88 Å². The van der Waals surface area contributed by atoms with E-state index in [1.165, 1.54) is 19.4 Å². The highest BCUT2D eigenvalue weighted by molar-refractivity contribution is 5.92. The molecule has 0 saturated carbocycles. The largest absolute Gasteiger partial charge is 0.354 e. The Balaban J connectivity index is 1.73. The van der Waals surface area contributed by atoms with Crippen molar-refractivity contribution in [3.05, 3.63) is 17.3 Å². The topological polar surface area (TPSA) is 48.5 Å². The second-order valence-electron chi connectivity index (χ2n) is 8.82. The lowest BCUT2D eigenvalue weighted by Crippen LogP contribution is -2.50. The van der Waals surface area contributed by atoms with Crippen molar-refractivity contribution in [2.45, 2.75) is 59.9 Å². The first-order valence-electron chi connectivity index (χ1n) is 9.50. The molecule has 1 amide bonds. The Kier molecular flexibility index (Phi) is 5.05. The number of aryl methyl sites for hydroxylation is 2. The fourth-order valence-electron chi connectivity index (χ4n) is 4.03. The molecular formula is C20H32N4O. The second kappa shape index (κ2) is 6.94. The fraction of sp³-hybridized carbons (Fsp3) is 0.700. The van der Waals surface area contributed by atoms with Gasteiger partial charge in [0, 0.05) is 32.1 Å². The first-order valence-corrected chi connectivity index (χ1v) is 9.50. The molecule has 2 aliphatic rings. The molecule has 0 bridgehead atoms. The number of aromatic nitrogens is 1. The third-order valence-electron chi connectivity index (χ3n) is 5.25. The normalized spacial score (nSPS) is 21.3. The van der Waals surface area contributed by atoms with Gasteiger partial charge in [0.2, 0.25) is 5.91 Å². The van der Waals surface area contributed by atoms with E-state index in [2.05, 4.69) is 48.9 Å². The molecule has 1 aromatic rings. The molecule has 25 heavy (non-hydrogen) atoms. The summed E-state index contributed by atoms with van der Waals surface area (Å²) in [5, 5.41) is 3.07. The van der Waals surface area contributed by atoms with Crippen LogP contribution in [-0.2, 0) is 4.79 Å². The lowest BCUT2D eigenvalue weighted by atomic mass is 9.92. The zero-order valence-corrected chi connectivity index (χ0v) is 16.4. The average molecular weight is 345 g/mol. The standard InChI is InChI=1S/C20H32N4O/c1-14-11-17(24-10-9-23-8-6-7-16(23)13-24)21-15(2)19(14)22-18(25)12-20(3,4)5/h11,16H,6-10,12-13H2,1-5H3,(H,22,25). The van der Waals surface area contributed by atoms with Crippen molar-refractivity contribution in [1.29, 1.82) is 0 Å². The molecule has 1 unspecified atom stereocenters. The number of pyridine rings is 1. The molecule has 0 spiro atoms. The van der Waals surface area contributed by atoms with Gasteiger partial charge in [-0.25, -0.2) is 4.98 Å². The molecule has 1 atom stereocenters. The lowest BCUT2D eigenvalue weighted by molar-refractivity contribution is -0.117. The first kappa shape index (κ1) is 18.2. The van der Waals surface area contributed by atoms with E-state index in [4.69, 9.17) is 4.98 Å². The number of carbonyl (C=O) groups excluding carboxylic acids is 1. The van der Waals surface area contributed by atoms with Crippen LogP contribution in [-0.4, -0.2) is 48.0 Å². The average Bonchev–Trinajstić information content (AvgIpc) is 2.96. The molecule has 1 N–H and O–H groups in total. The number of piperazine rings is 1. The minimum Gasteiger partial charge on any atom is -0.354 e. The zero-order valence-electron chi connectivity index (χ0n) is 16.4. The predicted octanol–water partition coefficient (Wildman–Crippen LogP) is 3.36. The summed E-state index contributed by atoms with van der Waals surface area (Å²) in [6.07, 6.45) is 3.13. The summed E-state index contributed by atoms with van der Waals surface area (Å²) in [6, 6.07) is 2.81. The molecule has 2 saturated heterocycles. The monoisotopic (exact) mass is 344 g/mol. The van der Waals surface area contributed by atoms with Gasteiger partial charge in [-0.15, -0.1) is 0 Å². The molecule has 3 rings (SSSR count). The lowest BCUT2D eigenvalue weighted by Gasteiger charge is -2.38. The number of hydrogen-bond donors (Lipinski definition) is 1.